The topological polar surface area (TPSA) is 40.5 Å². The smallest absolute Gasteiger partial charge is 0.248 e. The normalized spacial score (nSPS) is 33.4. The van der Waals surface area contributed by atoms with Gasteiger partial charge >= 0.3 is 0 Å². The number of piperidine rings is 1. The molecule has 104 valence electrons. The number of alkyl halides is 2. The highest BCUT2D eigenvalue weighted by atomic mass is 19.3. The molecule has 2 atom stereocenters. The van der Waals surface area contributed by atoms with E-state index in [-0.39, 0.29) is 36.7 Å². The maximum atomic E-state index is 13.0. The molecule has 0 spiro atoms. The third kappa shape index (κ3) is 2.99. The molecule has 2 rings (SSSR count). The summed E-state index contributed by atoms with van der Waals surface area (Å²) in [6.07, 6.45) is 0.490. The minimum Gasteiger partial charge on any atom is -0.393 e. The second kappa shape index (κ2) is 5.11. The number of aliphatic hydroxyl groups is 1. The lowest BCUT2D eigenvalue weighted by Gasteiger charge is -2.37. The van der Waals surface area contributed by atoms with E-state index in [0.29, 0.717) is 32.4 Å². The monoisotopic (exact) mass is 261 g/mol. The van der Waals surface area contributed by atoms with Gasteiger partial charge in [-0.2, -0.15) is 0 Å². The number of likely N-dealkylation sites (tertiary alicyclic amines) is 1. The Bertz CT molecular complexity index is 312. The first-order valence-corrected chi connectivity index (χ1v) is 6.74. The van der Waals surface area contributed by atoms with E-state index in [1.54, 1.807) is 4.90 Å². The molecule has 1 aliphatic carbocycles. The summed E-state index contributed by atoms with van der Waals surface area (Å²) in [5.74, 6) is -2.74. The predicted octanol–water partition coefficient (Wildman–Crippen LogP) is 2.04. The molecule has 0 radical (unpaired) electrons. The summed E-state index contributed by atoms with van der Waals surface area (Å²) in [5.41, 5.74) is 0. The second-order valence-electron chi connectivity index (χ2n) is 5.75. The highest BCUT2D eigenvalue weighted by Crippen LogP contribution is 2.37. The lowest BCUT2D eigenvalue weighted by Crippen LogP contribution is -2.48. The molecule has 1 aliphatic heterocycles. The summed E-state index contributed by atoms with van der Waals surface area (Å²) in [5, 5.41) is 9.62. The van der Waals surface area contributed by atoms with Gasteiger partial charge in [0.15, 0.2) is 0 Å². The van der Waals surface area contributed by atoms with Crippen molar-refractivity contribution in [3.63, 3.8) is 0 Å². The van der Waals surface area contributed by atoms with Crippen molar-refractivity contribution in [2.75, 3.05) is 13.1 Å². The van der Waals surface area contributed by atoms with Crippen LogP contribution in [-0.4, -0.2) is 41.0 Å². The van der Waals surface area contributed by atoms with Gasteiger partial charge in [0.25, 0.3) is 0 Å². The molecule has 5 heteroatoms. The maximum absolute atomic E-state index is 13.0. The molecular weight excluding hydrogens is 240 g/mol. The Morgan fingerprint density at radius 2 is 1.89 bits per heavy atom. The van der Waals surface area contributed by atoms with E-state index in [1.165, 1.54) is 0 Å². The summed E-state index contributed by atoms with van der Waals surface area (Å²) < 4.78 is 26.1. The van der Waals surface area contributed by atoms with Gasteiger partial charge in [-0.05, 0) is 25.2 Å². The van der Waals surface area contributed by atoms with Crippen LogP contribution in [0.4, 0.5) is 8.78 Å². The Kier molecular flexibility index (Phi) is 3.90. The van der Waals surface area contributed by atoms with Gasteiger partial charge in [0, 0.05) is 31.8 Å². The molecule has 1 N–H and O–H groups in total. The number of nitrogens with zero attached hydrogens (tertiary/aromatic N) is 1. The Morgan fingerprint density at radius 1 is 1.28 bits per heavy atom. The van der Waals surface area contributed by atoms with Gasteiger partial charge < -0.3 is 10.0 Å². The van der Waals surface area contributed by atoms with Crippen molar-refractivity contribution < 1.29 is 18.7 Å². The second-order valence-corrected chi connectivity index (χ2v) is 5.75. The average molecular weight is 261 g/mol. The van der Waals surface area contributed by atoms with Crippen LogP contribution in [0.15, 0.2) is 0 Å². The molecule has 2 fully saturated rings. The number of carbonyl (C=O) groups is 1. The van der Waals surface area contributed by atoms with E-state index >= 15 is 0 Å². The van der Waals surface area contributed by atoms with E-state index < -0.39 is 5.92 Å². The largest absolute Gasteiger partial charge is 0.393 e. The fourth-order valence-electron chi connectivity index (χ4n) is 2.88. The molecule has 1 saturated heterocycles. The lowest BCUT2D eigenvalue weighted by molar-refractivity contribution is -0.143. The Morgan fingerprint density at radius 3 is 2.44 bits per heavy atom. The summed E-state index contributed by atoms with van der Waals surface area (Å²) in [7, 11) is 0. The van der Waals surface area contributed by atoms with Crippen molar-refractivity contribution in [2.45, 2.75) is 51.1 Å². The highest BCUT2D eigenvalue weighted by Gasteiger charge is 2.39. The lowest BCUT2D eigenvalue weighted by atomic mass is 9.85. The van der Waals surface area contributed by atoms with Crippen LogP contribution in [-0.2, 0) is 4.79 Å². The number of hydrogen-bond acceptors (Lipinski definition) is 2. The molecule has 18 heavy (non-hydrogen) atoms. The van der Waals surface area contributed by atoms with Crippen molar-refractivity contribution in [1.29, 1.82) is 0 Å². The highest BCUT2D eigenvalue weighted by molar-refractivity contribution is 5.79. The molecule has 0 aromatic carbocycles. The SMILES string of the molecule is CC1CN(C(=O)C2CCC(F)(F)CC2)CCC1O. The van der Waals surface area contributed by atoms with Crippen LogP contribution in [0.1, 0.15) is 39.0 Å². The minimum atomic E-state index is -2.58. The van der Waals surface area contributed by atoms with Crippen LogP contribution < -0.4 is 0 Å². The van der Waals surface area contributed by atoms with Crippen LogP contribution in [0.5, 0.6) is 0 Å². The van der Waals surface area contributed by atoms with Gasteiger partial charge in [-0.25, -0.2) is 8.78 Å². The van der Waals surface area contributed by atoms with Crippen LogP contribution in [0.25, 0.3) is 0 Å². The van der Waals surface area contributed by atoms with Gasteiger partial charge in [-0.3, -0.25) is 4.79 Å². The van der Waals surface area contributed by atoms with Crippen molar-refractivity contribution in [1.82, 2.24) is 4.90 Å². The van der Waals surface area contributed by atoms with Gasteiger partial charge in [0.05, 0.1) is 6.10 Å². The fraction of sp³-hybridized carbons (Fsp3) is 0.923. The van der Waals surface area contributed by atoms with Crippen molar-refractivity contribution in [2.24, 2.45) is 11.8 Å². The van der Waals surface area contributed by atoms with Gasteiger partial charge in [-0.1, -0.05) is 6.92 Å². The third-order valence-electron chi connectivity index (χ3n) is 4.24. The van der Waals surface area contributed by atoms with E-state index in [2.05, 4.69) is 0 Å². The molecule has 2 unspecified atom stereocenters. The first kappa shape index (κ1) is 13.7. The molecule has 2 aliphatic rings. The zero-order chi connectivity index (χ0) is 13.3. The first-order valence-electron chi connectivity index (χ1n) is 6.74. The van der Waals surface area contributed by atoms with Crippen LogP contribution >= 0.6 is 0 Å². The van der Waals surface area contributed by atoms with Gasteiger partial charge in [0.2, 0.25) is 11.8 Å². The van der Waals surface area contributed by atoms with Crippen molar-refractivity contribution >= 4 is 5.91 Å². The van der Waals surface area contributed by atoms with E-state index in [1.807, 2.05) is 6.92 Å². The molecule has 0 aromatic rings. The number of hydrogen-bond donors (Lipinski definition) is 1. The van der Waals surface area contributed by atoms with Crippen LogP contribution in [0, 0.1) is 11.8 Å². The van der Waals surface area contributed by atoms with E-state index in [9.17, 15) is 18.7 Å². The summed E-state index contributed by atoms with van der Waals surface area (Å²) in [4.78, 5) is 14.0. The molecule has 0 aromatic heterocycles. The summed E-state index contributed by atoms with van der Waals surface area (Å²) in [6, 6.07) is 0. The van der Waals surface area contributed by atoms with Crippen molar-refractivity contribution in [3.8, 4) is 0 Å². The predicted molar refractivity (Wildman–Crippen MR) is 63.3 cm³/mol. The summed E-state index contributed by atoms with van der Waals surface area (Å²) >= 11 is 0. The fourth-order valence-corrected chi connectivity index (χ4v) is 2.88. The van der Waals surface area contributed by atoms with E-state index in [0.717, 1.165) is 0 Å². The molecular formula is C13H21F2NO2. The van der Waals surface area contributed by atoms with Crippen LogP contribution in [0.2, 0.25) is 0 Å². The van der Waals surface area contributed by atoms with Crippen molar-refractivity contribution in [3.05, 3.63) is 0 Å². The number of amides is 1. The molecule has 1 saturated carbocycles. The number of carbonyl (C=O) groups excluding carboxylic acids is 1. The molecule has 1 heterocycles. The molecule has 3 nitrogen and oxygen atoms in total. The molecule has 1 amide bonds. The van der Waals surface area contributed by atoms with Gasteiger partial charge in [0.1, 0.15) is 0 Å². The van der Waals surface area contributed by atoms with Gasteiger partial charge in [-0.15, -0.1) is 0 Å². The number of rotatable bonds is 1. The first-order chi connectivity index (χ1) is 8.39. The zero-order valence-electron chi connectivity index (χ0n) is 10.7. The van der Waals surface area contributed by atoms with E-state index in [4.69, 9.17) is 0 Å². The number of halogens is 2. The third-order valence-corrected chi connectivity index (χ3v) is 4.24. The maximum Gasteiger partial charge on any atom is 0.248 e. The zero-order valence-corrected chi connectivity index (χ0v) is 10.7. The Balaban J connectivity index is 1.88. The van der Waals surface area contributed by atoms with Crippen LogP contribution in [0.3, 0.4) is 0 Å². The quantitative estimate of drug-likeness (QED) is 0.784. The number of aliphatic hydroxyl groups excluding tert-OH is 1. The Labute approximate surface area is 106 Å². The average Bonchev–Trinajstić information content (AvgIpc) is 2.32. The molecule has 0 bridgehead atoms. The standard InChI is InChI=1S/C13H21F2NO2/c1-9-8-16(7-4-11(9)17)12(18)10-2-5-13(14,15)6-3-10/h9-11,17H,2-8H2,1H3. The Hall–Kier alpha value is -0.710. The minimum absolute atomic E-state index is 0.00394. The summed E-state index contributed by atoms with van der Waals surface area (Å²) in [6.45, 7) is 3.02.